The molecule has 194 valence electrons. The van der Waals surface area contributed by atoms with Gasteiger partial charge in [0.2, 0.25) is 0 Å². The molecule has 1 atom stereocenters. The minimum atomic E-state index is -3.65. The van der Waals surface area contributed by atoms with Crippen molar-refractivity contribution in [3.63, 3.8) is 0 Å². The maximum atomic E-state index is 12.6. The molecule has 0 radical (unpaired) electrons. The van der Waals surface area contributed by atoms with Gasteiger partial charge in [-0.1, -0.05) is 119 Å². The normalized spacial score (nSPS) is 33.9. The zero-order valence-electron chi connectivity index (χ0n) is 22.3. The molecule has 4 aliphatic heterocycles. The van der Waals surface area contributed by atoms with Crippen molar-refractivity contribution in [3.8, 4) is 0 Å². The van der Waals surface area contributed by atoms with Gasteiger partial charge in [0, 0.05) is 6.15 Å². The van der Waals surface area contributed by atoms with Crippen LogP contribution in [0.25, 0.3) is 0 Å². The van der Waals surface area contributed by atoms with Crippen molar-refractivity contribution in [2.24, 2.45) is 0 Å². The minimum Gasteiger partial charge on any atom is -0.266 e. The Labute approximate surface area is 215 Å². The molecule has 4 heterocycles. The summed E-state index contributed by atoms with van der Waals surface area (Å²) in [6.45, 7) is 6.01. The molecule has 0 N–H and O–H groups in total. The Morgan fingerprint density at radius 2 is 1.37 bits per heavy atom. The van der Waals surface area contributed by atoms with Crippen LogP contribution in [0.4, 0.5) is 0 Å². The minimum absolute atomic E-state index is 0.280. The fourth-order valence-corrected chi connectivity index (χ4v) is 10.9. The van der Waals surface area contributed by atoms with Crippen molar-refractivity contribution in [2.75, 3.05) is 6.61 Å². The highest BCUT2D eigenvalue weighted by atomic mass is 32.2. The highest BCUT2D eigenvalue weighted by molar-refractivity contribution is 7.86. The molecule has 0 spiro atoms. The topological polar surface area (TPSA) is 43.4 Å². The molecule has 4 fully saturated rings. The predicted octanol–water partition coefficient (Wildman–Crippen LogP) is 8.57. The summed E-state index contributed by atoms with van der Waals surface area (Å²) in [5.74, 6) is 3.89. The van der Waals surface area contributed by atoms with Crippen LogP contribution in [0.15, 0.2) is 29.2 Å². The Balaban J connectivity index is 1.27. The van der Waals surface area contributed by atoms with E-state index >= 15 is 0 Å². The van der Waals surface area contributed by atoms with Crippen molar-refractivity contribution in [2.45, 2.75) is 144 Å². The third-order valence-electron chi connectivity index (χ3n) is 11.6. The Kier molecular flexibility index (Phi) is 8.09. The Morgan fingerprint density at radius 1 is 0.857 bits per heavy atom. The van der Waals surface area contributed by atoms with Crippen LogP contribution in [0.3, 0.4) is 0 Å². The van der Waals surface area contributed by atoms with Gasteiger partial charge in [-0.2, -0.15) is 32.6 Å². The van der Waals surface area contributed by atoms with Gasteiger partial charge in [-0.3, -0.25) is 4.18 Å². The van der Waals surface area contributed by atoms with Gasteiger partial charge >= 0.3 is 0 Å². The molecule has 0 amide bonds. The van der Waals surface area contributed by atoms with E-state index < -0.39 is 10.1 Å². The van der Waals surface area contributed by atoms with Gasteiger partial charge in [-0.15, -0.1) is 0 Å². The van der Waals surface area contributed by atoms with E-state index in [0.29, 0.717) is 6.61 Å². The molecule has 4 saturated heterocycles. The fourth-order valence-electron chi connectivity index (χ4n) is 9.97. The molecule has 5 rings (SSSR count). The average Bonchev–Trinajstić information content (AvgIpc) is 2.81. The molecule has 35 heavy (non-hydrogen) atoms. The van der Waals surface area contributed by atoms with Crippen LogP contribution in [0.2, 0.25) is 35.8 Å². The van der Waals surface area contributed by atoms with Gasteiger partial charge in [-0.25, -0.2) is 0 Å². The van der Waals surface area contributed by atoms with Gasteiger partial charge in [0.15, 0.2) is 0 Å². The van der Waals surface area contributed by atoms with E-state index in [4.69, 9.17) is 4.18 Å². The first-order valence-electron chi connectivity index (χ1n) is 15.1. The van der Waals surface area contributed by atoms with Crippen LogP contribution < -0.4 is 0 Å². The number of unbranched alkanes of at least 4 members (excludes halogenated alkanes) is 1. The first-order valence-corrected chi connectivity index (χ1v) is 16.5. The second-order valence-electron chi connectivity index (χ2n) is 13.2. The lowest BCUT2D eigenvalue weighted by atomic mass is 8.96. The van der Waals surface area contributed by atoms with Crippen LogP contribution in [-0.2, 0) is 14.3 Å². The molecule has 1 aromatic carbocycles. The van der Waals surface area contributed by atoms with E-state index in [1.54, 1.807) is 12.1 Å². The second-order valence-corrected chi connectivity index (χ2v) is 14.8. The van der Waals surface area contributed by atoms with Crippen LogP contribution in [0.5, 0.6) is 0 Å². The van der Waals surface area contributed by atoms with E-state index in [-0.39, 0.29) is 11.0 Å². The third-order valence-corrected chi connectivity index (χ3v) is 12.9. The van der Waals surface area contributed by atoms with E-state index in [9.17, 15) is 8.42 Å². The monoisotopic (exact) mass is 497 g/mol. The summed E-state index contributed by atoms with van der Waals surface area (Å²) in [4.78, 5) is 0.280. The van der Waals surface area contributed by atoms with Gasteiger partial charge in [-0.05, 0) is 25.5 Å². The van der Waals surface area contributed by atoms with Gasteiger partial charge in [0.05, 0.1) is 11.5 Å². The summed E-state index contributed by atoms with van der Waals surface area (Å²) < 4.78 is 30.7. The summed E-state index contributed by atoms with van der Waals surface area (Å²) >= 11 is 0. The molecule has 0 saturated carbocycles. The van der Waals surface area contributed by atoms with E-state index in [1.165, 1.54) is 83.5 Å². The quantitative estimate of drug-likeness (QED) is 0.195. The first-order chi connectivity index (χ1) is 16.9. The summed E-state index contributed by atoms with van der Waals surface area (Å²) in [5, 5.41) is 0. The Hall–Kier alpha value is -0.740. The molecular formula is C29H47B2O3S-. The van der Waals surface area contributed by atoms with Crippen molar-refractivity contribution in [1.82, 2.24) is 0 Å². The lowest BCUT2D eigenvalue weighted by molar-refractivity contribution is 0.306. The molecule has 4 bridgehead atoms. The lowest BCUT2D eigenvalue weighted by Crippen LogP contribution is -2.57. The lowest BCUT2D eigenvalue weighted by Gasteiger charge is -2.65. The molecule has 6 heteroatoms. The van der Waals surface area contributed by atoms with Crippen molar-refractivity contribution in [1.29, 1.82) is 0 Å². The van der Waals surface area contributed by atoms with Crippen molar-refractivity contribution < 1.29 is 12.6 Å². The number of rotatable bonds is 9. The summed E-state index contributed by atoms with van der Waals surface area (Å²) in [6, 6.07) is 7.00. The third kappa shape index (κ3) is 5.31. The van der Waals surface area contributed by atoms with Crippen LogP contribution in [0.1, 0.15) is 102 Å². The Morgan fingerprint density at radius 3 is 1.91 bits per heavy atom. The standard InChI is InChI=1S/C29H47B2O3S/c1-23-18-20-28(21-19-23)35(32,33)34-22-4-3-17-29(30-24-9-5-10-25(30)12-6-11-24)31(2)26-13-7-14-27(31)16-8-15-26/h18-21,24-27,29H,3-17,22H2,1-2H3/q-1. The summed E-state index contributed by atoms with van der Waals surface area (Å²) in [7, 11) is -3.65. The molecule has 4 aliphatic rings. The Bertz CT molecular complexity index is 903. The smallest absolute Gasteiger partial charge is 0.266 e. The number of hydrogen-bond donors (Lipinski definition) is 0. The van der Waals surface area contributed by atoms with Gasteiger partial charge in [0.25, 0.3) is 10.1 Å². The molecule has 3 nitrogen and oxygen atoms in total. The fraction of sp³-hybridized carbons (Fsp3) is 0.793. The second kappa shape index (κ2) is 10.9. The average molecular weight is 497 g/mol. The maximum absolute atomic E-state index is 12.6. The van der Waals surface area contributed by atoms with Gasteiger partial charge in [0.1, 0.15) is 6.71 Å². The highest BCUT2D eigenvalue weighted by Crippen LogP contribution is 2.63. The summed E-state index contributed by atoms with van der Waals surface area (Å²) in [6.07, 6.45) is 20.5. The van der Waals surface area contributed by atoms with E-state index in [0.717, 1.165) is 54.1 Å². The zero-order chi connectivity index (χ0) is 24.5. The zero-order valence-corrected chi connectivity index (χ0v) is 23.1. The largest absolute Gasteiger partial charge is 0.296 e. The number of aryl methyl sites for hydroxylation is 1. The van der Waals surface area contributed by atoms with E-state index in [1.807, 2.05) is 19.1 Å². The molecule has 1 aromatic rings. The van der Waals surface area contributed by atoms with E-state index in [2.05, 4.69) is 6.82 Å². The SMILES string of the molecule is Cc1ccc(S(=O)(=O)OCCCCC(B2C3CCCC2CCC3)[B-]2(C)C3CCCC2CCC3)cc1. The van der Waals surface area contributed by atoms with Crippen LogP contribution >= 0.6 is 0 Å². The highest BCUT2D eigenvalue weighted by Gasteiger charge is 2.51. The summed E-state index contributed by atoms with van der Waals surface area (Å²) in [5.41, 5.74) is 1.94. The molecule has 0 aliphatic carbocycles. The molecular weight excluding hydrogens is 450 g/mol. The number of hydrogen-bond acceptors (Lipinski definition) is 3. The maximum Gasteiger partial charge on any atom is 0.296 e. The number of benzene rings is 1. The van der Waals surface area contributed by atoms with Crippen molar-refractivity contribution >= 4 is 23.0 Å². The molecule has 0 aromatic heterocycles. The number of fused-ring (bicyclic) bond motifs is 4. The van der Waals surface area contributed by atoms with Crippen molar-refractivity contribution in [3.05, 3.63) is 29.8 Å². The van der Waals surface area contributed by atoms with Crippen LogP contribution in [0, 0.1) is 6.92 Å². The van der Waals surface area contributed by atoms with Crippen LogP contribution in [-0.4, -0.2) is 27.9 Å². The predicted molar refractivity (Wildman–Crippen MR) is 150 cm³/mol. The molecule has 1 unspecified atom stereocenters. The first kappa shape index (κ1) is 25.9. The van der Waals surface area contributed by atoms with Gasteiger partial charge < -0.3 is 0 Å².